The summed E-state index contributed by atoms with van der Waals surface area (Å²) in [5, 5.41) is 0. The van der Waals surface area contributed by atoms with Crippen LogP contribution in [0.3, 0.4) is 0 Å². The molecule has 2 nitrogen and oxygen atoms in total. The topological polar surface area (TPSA) is 20.3 Å². The number of carbonyl (C=O) groups is 1. The minimum absolute atomic E-state index is 0.0386. The van der Waals surface area contributed by atoms with E-state index in [2.05, 4.69) is 0 Å². The van der Waals surface area contributed by atoms with E-state index in [-0.39, 0.29) is 11.4 Å². The average Bonchev–Trinajstić information content (AvgIpc) is 1.79. The third kappa shape index (κ3) is 4.07. The second-order valence-corrected chi connectivity index (χ2v) is 5.60. The van der Waals surface area contributed by atoms with Crippen LogP contribution in [0.25, 0.3) is 0 Å². The zero-order chi connectivity index (χ0) is 9.94. The Hall–Kier alpha value is -0.0900. The van der Waals surface area contributed by atoms with Crippen LogP contribution in [-0.2, 0) is 4.79 Å². The molecule has 0 fully saturated rings. The predicted octanol–water partition coefficient (Wildman–Crippen LogP) is 2.63. The zero-order valence-electron chi connectivity index (χ0n) is 8.17. The minimum Gasteiger partial charge on any atom is -0.277 e. The van der Waals surface area contributed by atoms with Gasteiger partial charge < -0.3 is 0 Å². The first-order valence-corrected chi connectivity index (χ1v) is 4.92. The van der Waals surface area contributed by atoms with Crippen LogP contribution in [0.4, 0.5) is 0 Å². The molecule has 0 aliphatic heterocycles. The fourth-order valence-electron chi connectivity index (χ4n) is 0.802. The molecule has 0 saturated heterocycles. The van der Waals surface area contributed by atoms with Gasteiger partial charge in [0.2, 0.25) is 5.91 Å². The molecule has 1 amide bonds. The second-order valence-electron chi connectivity index (χ2n) is 3.57. The molecule has 0 unspecified atom stereocenters. The van der Waals surface area contributed by atoms with Gasteiger partial charge in [-0.25, -0.2) is 0 Å². The van der Waals surface area contributed by atoms with Gasteiger partial charge in [0.05, 0.1) is 4.20 Å². The standard InChI is InChI=1S/C8H15NOS2/c1-6(10)9(8(3,4)5)12-7(2)11/h1-5H3. The molecule has 0 aromatic rings. The van der Waals surface area contributed by atoms with E-state index in [1.165, 1.54) is 11.9 Å². The molecule has 0 saturated carbocycles. The Morgan fingerprint density at radius 2 is 1.75 bits per heavy atom. The highest BCUT2D eigenvalue weighted by molar-refractivity contribution is 8.21. The van der Waals surface area contributed by atoms with Gasteiger partial charge in [0.1, 0.15) is 0 Å². The summed E-state index contributed by atoms with van der Waals surface area (Å²) in [6.07, 6.45) is 0. The predicted molar refractivity (Wildman–Crippen MR) is 58.1 cm³/mol. The van der Waals surface area contributed by atoms with E-state index in [1.54, 1.807) is 11.2 Å². The van der Waals surface area contributed by atoms with Crippen molar-refractivity contribution in [3.63, 3.8) is 0 Å². The maximum absolute atomic E-state index is 11.2. The number of nitrogens with zero attached hydrogens (tertiary/aromatic N) is 1. The number of carbonyl (C=O) groups excluding carboxylic acids is 1. The van der Waals surface area contributed by atoms with Crippen molar-refractivity contribution in [3.05, 3.63) is 0 Å². The largest absolute Gasteiger partial charge is 0.277 e. The molecule has 0 aromatic carbocycles. The summed E-state index contributed by atoms with van der Waals surface area (Å²) in [5.41, 5.74) is -0.170. The van der Waals surface area contributed by atoms with E-state index in [4.69, 9.17) is 12.2 Å². The summed E-state index contributed by atoms with van der Waals surface area (Å²) in [6.45, 7) is 9.33. The van der Waals surface area contributed by atoms with E-state index < -0.39 is 0 Å². The van der Waals surface area contributed by atoms with Gasteiger partial charge in [-0.1, -0.05) is 12.2 Å². The van der Waals surface area contributed by atoms with Crippen molar-refractivity contribution in [3.8, 4) is 0 Å². The van der Waals surface area contributed by atoms with Crippen molar-refractivity contribution >= 4 is 34.3 Å². The van der Waals surface area contributed by atoms with Gasteiger partial charge >= 0.3 is 0 Å². The van der Waals surface area contributed by atoms with Crippen LogP contribution in [-0.4, -0.2) is 19.9 Å². The molecule has 4 heteroatoms. The lowest BCUT2D eigenvalue weighted by molar-refractivity contribution is -0.126. The molecule has 0 aromatic heterocycles. The Morgan fingerprint density at radius 3 is 1.83 bits per heavy atom. The maximum atomic E-state index is 11.2. The Bertz CT molecular complexity index is 196. The minimum atomic E-state index is -0.170. The highest BCUT2D eigenvalue weighted by atomic mass is 32.2. The zero-order valence-corrected chi connectivity index (χ0v) is 9.80. The van der Waals surface area contributed by atoms with Crippen LogP contribution in [0.5, 0.6) is 0 Å². The summed E-state index contributed by atoms with van der Waals surface area (Å²) < 4.78 is 2.45. The summed E-state index contributed by atoms with van der Waals surface area (Å²) in [6, 6.07) is 0. The van der Waals surface area contributed by atoms with Gasteiger partial charge in [0, 0.05) is 12.5 Å². The quantitative estimate of drug-likeness (QED) is 0.448. The molecule has 0 radical (unpaired) electrons. The molecule has 0 heterocycles. The van der Waals surface area contributed by atoms with E-state index in [9.17, 15) is 4.79 Å². The number of rotatable bonds is 0. The molecular formula is C8H15NOS2. The fourth-order valence-corrected chi connectivity index (χ4v) is 1.69. The molecule has 0 spiro atoms. The lowest BCUT2D eigenvalue weighted by atomic mass is 10.1. The number of hydrogen-bond donors (Lipinski definition) is 0. The molecule has 70 valence electrons. The van der Waals surface area contributed by atoms with Crippen LogP contribution in [0, 0.1) is 0 Å². The molecule has 0 bridgehead atoms. The molecule has 0 atom stereocenters. The van der Waals surface area contributed by atoms with Gasteiger partial charge in [-0.2, -0.15) is 0 Å². The average molecular weight is 205 g/mol. The Balaban J connectivity index is 4.46. The first-order valence-electron chi connectivity index (χ1n) is 3.74. The first kappa shape index (κ1) is 11.9. The molecular weight excluding hydrogens is 190 g/mol. The van der Waals surface area contributed by atoms with Gasteiger partial charge in [0.25, 0.3) is 0 Å². The van der Waals surface area contributed by atoms with Crippen LogP contribution in [0.1, 0.15) is 34.6 Å². The monoisotopic (exact) mass is 205 g/mol. The summed E-state index contributed by atoms with van der Waals surface area (Å²) in [7, 11) is 0. The summed E-state index contributed by atoms with van der Waals surface area (Å²) in [4.78, 5) is 11.2. The number of amides is 1. The maximum Gasteiger partial charge on any atom is 0.230 e. The van der Waals surface area contributed by atoms with Crippen molar-refractivity contribution in [1.82, 2.24) is 4.31 Å². The van der Waals surface area contributed by atoms with E-state index >= 15 is 0 Å². The molecule has 0 aliphatic carbocycles. The number of hydrogen-bond acceptors (Lipinski definition) is 3. The Kier molecular flexibility index (Phi) is 4.20. The van der Waals surface area contributed by atoms with Crippen molar-refractivity contribution in [2.75, 3.05) is 0 Å². The van der Waals surface area contributed by atoms with Crippen molar-refractivity contribution < 1.29 is 4.79 Å². The summed E-state index contributed by atoms with van der Waals surface area (Å²) in [5.74, 6) is 0.0386. The van der Waals surface area contributed by atoms with Crippen molar-refractivity contribution in [2.24, 2.45) is 0 Å². The van der Waals surface area contributed by atoms with Crippen molar-refractivity contribution in [2.45, 2.75) is 40.2 Å². The normalized spacial score (nSPS) is 11.1. The first-order chi connectivity index (χ1) is 5.25. The highest BCUT2D eigenvalue weighted by Crippen LogP contribution is 2.24. The fraction of sp³-hybridized carbons (Fsp3) is 0.750. The summed E-state index contributed by atoms with van der Waals surface area (Å²) >= 11 is 6.26. The van der Waals surface area contributed by atoms with Crippen LogP contribution in [0.15, 0.2) is 0 Å². The molecule has 0 aliphatic rings. The van der Waals surface area contributed by atoms with Crippen molar-refractivity contribution in [1.29, 1.82) is 0 Å². The molecule has 0 rings (SSSR count). The lowest BCUT2D eigenvalue weighted by Crippen LogP contribution is -2.39. The smallest absolute Gasteiger partial charge is 0.230 e. The SMILES string of the molecule is CC(=O)N(SC(C)=S)C(C)(C)C. The van der Waals surface area contributed by atoms with E-state index in [1.807, 2.05) is 27.7 Å². The van der Waals surface area contributed by atoms with Gasteiger partial charge in [-0.15, -0.1) is 0 Å². The third-order valence-electron chi connectivity index (χ3n) is 1.12. The Morgan fingerprint density at radius 1 is 1.33 bits per heavy atom. The second kappa shape index (κ2) is 4.23. The highest BCUT2D eigenvalue weighted by Gasteiger charge is 2.24. The van der Waals surface area contributed by atoms with Gasteiger partial charge in [-0.3, -0.25) is 9.10 Å². The molecule has 12 heavy (non-hydrogen) atoms. The van der Waals surface area contributed by atoms with Crippen LogP contribution in [0.2, 0.25) is 0 Å². The lowest BCUT2D eigenvalue weighted by Gasteiger charge is -2.32. The number of thiocarbonyl (C=S) groups is 1. The van der Waals surface area contributed by atoms with Crippen LogP contribution < -0.4 is 0 Å². The van der Waals surface area contributed by atoms with Crippen LogP contribution >= 0.6 is 24.2 Å². The van der Waals surface area contributed by atoms with Gasteiger partial charge in [-0.05, 0) is 39.6 Å². The Labute approximate surface area is 83.8 Å². The van der Waals surface area contributed by atoms with Gasteiger partial charge in [0.15, 0.2) is 0 Å². The third-order valence-corrected chi connectivity index (χ3v) is 2.58. The van der Waals surface area contributed by atoms with E-state index in [0.29, 0.717) is 0 Å². The van der Waals surface area contributed by atoms with E-state index in [0.717, 1.165) is 4.20 Å². The molecule has 0 N–H and O–H groups in total.